The third-order valence-corrected chi connectivity index (χ3v) is 9.41. The highest BCUT2D eigenvalue weighted by Crippen LogP contribution is 2.33. The van der Waals surface area contributed by atoms with Gasteiger partial charge in [-0.3, -0.25) is 9.80 Å². The molecule has 2 aromatic carbocycles. The Morgan fingerprint density at radius 1 is 0.548 bits per heavy atom. The molecule has 42 heavy (non-hydrogen) atoms. The van der Waals surface area contributed by atoms with Crippen LogP contribution in [0.15, 0.2) is 95.7 Å². The Morgan fingerprint density at radius 2 is 0.976 bits per heavy atom. The van der Waals surface area contributed by atoms with E-state index < -0.39 is 0 Å². The summed E-state index contributed by atoms with van der Waals surface area (Å²) in [6.07, 6.45) is 0. The number of thiophene rings is 2. The zero-order valence-corrected chi connectivity index (χ0v) is 24.6. The average molecular weight is 595 g/mol. The lowest BCUT2D eigenvalue weighted by atomic mass is 10.0. The maximum atomic E-state index is 4.56. The average Bonchev–Trinajstić information content (AvgIpc) is 3.87. The van der Waals surface area contributed by atoms with Crippen LogP contribution in [0, 0.1) is 0 Å². The number of piperazine rings is 1. The highest BCUT2D eigenvalue weighted by Gasteiger charge is 2.35. The van der Waals surface area contributed by atoms with E-state index in [4.69, 9.17) is 0 Å². The van der Waals surface area contributed by atoms with Crippen molar-refractivity contribution in [2.24, 2.45) is 0 Å². The van der Waals surface area contributed by atoms with Gasteiger partial charge in [-0.15, -0.1) is 32.9 Å². The van der Waals surface area contributed by atoms with E-state index in [1.807, 2.05) is 9.36 Å². The van der Waals surface area contributed by atoms with E-state index >= 15 is 0 Å². The molecule has 0 aliphatic carbocycles. The molecule has 6 aromatic rings. The highest BCUT2D eigenvalue weighted by atomic mass is 32.1. The zero-order chi connectivity index (χ0) is 28.1. The fourth-order valence-electron chi connectivity index (χ4n) is 5.71. The second kappa shape index (κ2) is 12.4. The van der Waals surface area contributed by atoms with Gasteiger partial charge in [0.15, 0.2) is 11.6 Å². The van der Waals surface area contributed by atoms with E-state index in [0.717, 1.165) is 37.8 Å². The van der Waals surface area contributed by atoms with Gasteiger partial charge in [0.1, 0.15) is 0 Å². The number of aromatic nitrogens is 8. The van der Waals surface area contributed by atoms with E-state index in [-0.39, 0.29) is 12.1 Å². The molecule has 5 heterocycles. The molecule has 0 unspecified atom stereocenters. The van der Waals surface area contributed by atoms with Gasteiger partial charge in [0, 0.05) is 35.9 Å². The summed E-state index contributed by atoms with van der Waals surface area (Å²) >= 11 is 3.44. The smallest absolute Gasteiger partial charge is 0.173 e. The first-order chi connectivity index (χ1) is 20.8. The quantitative estimate of drug-likeness (QED) is 0.231. The van der Waals surface area contributed by atoms with Gasteiger partial charge < -0.3 is 0 Å². The molecule has 2 atom stereocenters. The molecule has 1 fully saturated rings. The summed E-state index contributed by atoms with van der Waals surface area (Å²) in [7, 11) is 0. The SMILES string of the molecule is c1ccc([C@H](c2nnnn2Cc2cccs2)N2CCN([C@@H](c3ccccc3)c3nnnn3Cc3cccs3)CC2)cc1. The molecule has 0 amide bonds. The van der Waals surface area contributed by atoms with Crippen molar-refractivity contribution in [1.29, 1.82) is 0 Å². The Bertz CT molecular complexity index is 1530. The molecule has 10 nitrogen and oxygen atoms in total. The molecule has 1 aliphatic heterocycles. The van der Waals surface area contributed by atoms with Gasteiger partial charge in [-0.1, -0.05) is 72.8 Å². The van der Waals surface area contributed by atoms with Crippen LogP contribution in [0.1, 0.15) is 44.6 Å². The topological polar surface area (TPSA) is 93.7 Å². The maximum absolute atomic E-state index is 4.56. The third kappa shape index (κ3) is 5.66. The van der Waals surface area contributed by atoms with Crippen LogP contribution in [0.2, 0.25) is 0 Å². The van der Waals surface area contributed by atoms with E-state index in [9.17, 15) is 0 Å². The lowest BCUT2D eigenvalue weighted by molar-refractivity contribution is 0.0826. The van der Waals surface area contributed by atoms with Crippen molar-refractivity contribution in [1.82, 2.24) is 50.2 Å². The van der Waals surface area contributed by atoms with E-state index in [2.05, 4.69) is 137 Å². The van der Waals surface area contributed by atoms with Gasteiger partial charge in [-0.05, 0) is 54.9 Å². The number of rotatable bonds is 10. The fraction of sp³-hybridized carbons (Fsp3) is 0.267. The van der Waals surface area contributed by atoms with Gasteiger partial charge in [0.05, 0.1) is 25.2 Å². The molecule has 0 bridgehead atoms. The van der Waals surface area contributed by atoms with Crippen LogP contribution in [0.3, 0.4) is 0 Å². The Kier molecular flexibility index (Phi) is 7.91. The molecule has 0 N–H and O–H groups in total. The first-order valence-electron chi connectivity index (χ1n) is 14.0. The summed E-state index contributed by atoms with van der Waals surface area (Å²) < 4.78 is 3.89. The largest absolute Gasteiger partial charge is 0.287 e. The molecule has 0 saturated carbocycles. The van der Waals surface area contributed by atoms with Gasteiger partial charge >= 0.3 is 0 Å². The van der Waals surface area contributed by atoms with Crippen LogP contribution < -0.4 is 0 Å². The van der Waals surface area contributed by atoms with Crippen molar-refractivity contribution < 1.29 is 0 Å². The molecular weight excluding hydrogens is 565 g/mol. The normalized spacial score (nSPS) is 16.0. The Morgan fingerprint density at radius 3 is 1.36 bits per heavy atom. The number of hydrogen-bond donors (Lipinski definition) is 0. The van der Waals surface area contributed by atoms with Crippen LogP contribution in [-0.4, -0.2) is 76.4 Å². The second-order valence-electron chi connectivity index (χ2n) is 10.2. The molecule has 212 valence electrons. The van der Waals surface area contributed by atoms with Crippen molar-refractivity contribution in [2.45, 2.75) is 25.2 Å². The summed E-state index contributed by atoms with van der Waals surface area (Å²) in [5.74, 6) is 1.73. The third-order valence-electron chi connectivity index (χ3n) is 7.69. The number of hydrogen-bond acceptors (Lipinski definition) is 10. The van der Waals surface area contributed by atoms with Crippen molar-refractivity contribution in [3.8, 4) is 0 Å². The van der Waals surface area contributed by atoms with Crippen LogP contribution in [0.4, 0.5) is 0 Å². The Labute approximate surface area is 251 Å². The van der Waals surface area contributed by atoms with Gasteiger partial charge in [-0.2, -0.15) is 0 Å². The molecule has 7 rings (SSSR count). The number of nitrogens with zero attached hydrogens (tertiary/aromatic N) is 10. The van der Waals surface area contributed by atoms with Crippen LogP contribution >= 0.6 is 22.7 Å². The van der Waals surface area contributed by atoms with E-state index in [1.165, 1.54) is 20.9 Å². The number of benzene rings is 2. The van der Waals surface area contributed by atoms with Crippen LogP contribution in [0.25, 0.3) is 0 Å². The lowest BCUT2D eigenvalue weighted by Gasteiger charge is -2.41. The van der Waals surface area contributed by atoms with Crippen molar-refractivity contribution in [3.63, 3.8) is 0 Å². The first-order valence-corrected chi connectivity index (χ1v) is 15.7. The molecule has 12 heteroatoms. The molecule has 1 aliphatic rings. The maximum Gasteiger partial charge on any atom is 0.173 e. The summed E-state index contributed by atoms with van der Waals surface area (Å²) in [5.41, 5.74) is 2.38. The standard InChI is InChI=1S/C30H30N10S2/c1-3-9-23(10-4-1)27(29-31-33-35-39(29)21-25-13-7-19-41-25)37-15-17-38(18-16-37)28(24-11-5-2-6-12-24)30-32-34-36-40(30)22-26-14-8-20-42-26/h1-14,19-20,27-28H,15-18,21-22H2/t27-,28+. The minimum Gasteiger partial charge on any atom is -0.287 e. The highest BCUT2D eigenvalue weighted by molar-refractivity contribution is 7.10. The summed E-state index contributed by atoms with van der Waals surface area (Å²) in [6.45, 7) is 4.71. The fourth-order valence-corrected chi connectivity index (χ4v) is 7.08. The molecule has 0 radical (unpaired) electrons. The van der Waals surface area contributed by atoms with Crippen molar-refractivity contribution in [2.75, 3.05) is 26.2 Å². The van der Waals surface area contributed by atoms with E-state index in [1.54, 1.807) is 22.7 Å². The monoisotopic (exact) mass is 594 g/mol. The predicted molar refractivity (Wildman–Crippen MR) is 162 cm³/mol. The van der Waals surface area contributed by atoms with Gasteiger partial charge in [0.2, 0.25) is 0 Å². The lowest BCUT2D eigenvalue weighted by Crippen LogP contribution is -2.50. The number of tetrazole rings is 2. The van der Waals surface area contributed by atoms with Crippen LogP contribution in [-0.2, 0) is 13.1 Å². The zero-order valence-electron chi connectivity index (χ0n) is 22.9. The Balaban J connectivity index is 1.17. The molecule has 1 saturated heterocycles. The molecule has 4 aromatic heterocycles. The molecule has 0 spiro atoms. The predicted octanol–water partition coefficient (Wildman–Crippen LogP) is 4.38. The van der Waals surface area contributed by atoms with Gasteiger partial charge in [0.25, 0.3) is 0 Å². The van der Waals surface area contributed by atoms with Crippen molar-refractivity contribution >= 4 is 22.7 Å². The van der Waals surface area contributed by atoms with Gasteiger partial charge in [-0.25, -0.2) is 9.36 Å². The van der Waals surface area contributed by atoms with E-state index in [0.29, 0.717) is 13.1 Å². The molecular formula is C30H30N10S2. The minimum atomic E-state index is -0.0531. The second-order valence-corrected chi connectivity index (χ2v) is 12.3. The summed E-state index contributed by atoms with van der Waals surface area (Å²) in [4.78, 5) is 7.45. The first kappa shape index (κ1) is 26.8. The Hall–Kier alpha value is -4.10. The summed E-state index contributed by atoms with van der Waals surface area (Å²) in [6, 6.07) is 29.4. The summed E-state index contributed by atoms with van der Waals surface area (Å²) in [5, 5.41) is 30.3. The van der Waals surface area contributed by atoms with Crippen LogP contribution in [0.5, 0.6) is 0 Å². The minimum absolute atomic E-state index is 0.0531. The van der Waals surface area contributed by atoms with Crippen molar-refractivity contribution in [3.05, 3.63) is 128 Å².